The third-order valence-electron chi connectivity index (χ3n) is 2.64. The number of ether oxygens (including phenoxy) is 1. The van der Waals surface area contributed by atoms with Crippen LogP contribution in [0.4, 0.5) is 8.78 Å². The Kier molecular flexibility index (Phi) is 3.86. The highest BCUT2D eigenvalue weighted by Crippen LogP contribution is 2.27. The zero-order valence-electron chi connectivity index (χ0n) is 10.0. The van der Waals surface area contributed by atoms with Crippen molar-refractivity contribution in [1.82, 2.24) is 5.32 Å². The second-order valence-electron chi connectivity index (χ2n) is 4.36. The van der Waals surface area contributed by atoms with Crippen molar-refractivity contribution in [3.05, 3.63) is 29.3 Å². The molecule has 1 aromatic carbocycles. The molecule has 0 saturated carbocycles. The van der Waals surface area contributed by atoms with Gasteiger partial charge in [-0.25, -0.2) is 4.39 Å². The second kappa shape index (κ2) is 4.78. The minimum absolute atomic E-state index is 0.0108. The van der Waals surface area contributed by atoms with Crippen molar-refractivity contribution in [2.24, 2.45) is 0 Å². The molecule has 2 nitrogen and oxygen atoms in total. The maximum atomic E-state index is 13.4. The Morgan fingerprint density at radius 1 is 1.31 bits per heavy atom. The first-order chi connectivity index (χ1) is 7.41. The second-order valence-corrected chi connectivity index (χ2v) is 4.36. The van der Waals surface area contributed by atoms with Gasteiger partial charge in [0.1, 0.15) is 0 Å². The van der Waals surface area contributed by atoms with Gasteiger partial charge in [-0.2, -0.15) is 4.39 Å². The molecule has 0 radical (unpaired) electrons. The average molecular weight is 229 g/mol. The molecule has 0 spiro atoms. The normalized spacial score (nSPS) is 11.6. The van der Waals surface area contributed by atoms with Gasteiger partial charge in [0, 0.05) is 5.54 Å². The molecule has 90 valence electrons. The summed E-state index contributed by atoms with van der Waals surface area (Å²) in [6.45, 7) is 3.96. The molecule has 0 unspecified atom stereocenters. The standard InChI is InChI=1S/C12H17F2NO/c1-12(2,15-3)7-8-5-6-9(13)10(14)11(8)16-4/h5-6,15H,7H2,1-4H3. The van der Waals surface area contributed by atoms with Crippen LogP contribution in [-0.2, 0) is 6.42 Å². The van der Waals surface area contributed by atoms with E-state index in [-0.39, 0.29) is 11.3 Å². The lowest BCUT2D eigenvalue weighted by Gasteiger charge is -2.25. The monoisotopic (exact) mass is 229 g/mol. The number of rotatable bonds is 4. The number of hydrogen-bond donors (Lipinski definition) is 1. The number of likely N-dealkylation sites (N-methyl/N-ethyl adjacent to an activating group) is 1. The summed E-state index contributed by atoms with van der Waals surface area (Å²) in [5.74, 6) is -1.82. The molecule has 0 saturated heterocycles. The highest BCUT2D eigenvalue weighted by Gasteiger charge is 2.21. The van der Waals surface area contributed by atoms with E-state index in [1.54, 1.807) is 6.07 Å². The number of nitrogens with one attached hydrogen (secondary N) is 1. The van der Waals surface area contributed by atoms with Crippen LogP contribution in [0.25, 0.3) is 0 Å². The number of benzene rings is 1. The molecule has 0 aliphatic heterocycles. The van der Waals surface area contributed by atoms with Gasteiger partial charge < -0.3 is 10.1 Å². The van der Waals surface area contributed by atoms with Crippen LogP contribution in [0.15, 0.2) is 12.1 Å². The summed E-state index contributed by atoms with van der Waals surface area (Å²) < 4.78 is 31.3. The predicted octanol–water partition coefficient (Wildman–Crippen LogP) is 2.51. The fourth-order valence-corrected chi connectivity index (χ4v) is 1.50. The van der Waals surface area contributed by atoms with Crippen LogP contribution < -0.4 is 10.1 Å². The summed E-state index contributed by atoms with van der Waals surface area (Å²) in [5.41, 5.74) is 0.457. The Balaban J connectivity index is 3.10. The smallest absolute Gasteiger partial charge is 0.200 e. The third-order valence-corrected chi connectivity index (χ3v) is 2.64. The number of halogens is 2. The lowest BCUT2D eigenvalue weighted by atomic mass is 9.94. The van der Waals surface area contributed by atoms with Crippen molar-refractivity contribution in [2.75, 3.05) is 14.2 Å². The fraction of sp³-hybridized carbons (Fsp3) is 0.500. The molecule has 0 aliphatic carbocycles. The van der Waals surface area contributed by atoms with Crippen LogP contribution >= 0.6 is 0 Å². The van der Waals surface area contributed by atoms with E-state index in [1.165, 1.54) is 7.11 Å². The van der Waals surface area contributed by atoms with Gasteiger partial charge in [0.05, 0.1) is 7.11 Å². The van der Waals surface area contributed by atoms with E-state index in [2.05, 4.69) is 5.32 Å². The Morgan fingerprint density at radius 3 is 2.44 bits per heavy atom. The third kappa shape index (κ3) is 2.70. The van der Waals surface area contributed by atoms with Crippen molar-refractivity contribution >= 4 is 0 Å². The molecule has 0 atom stereocenters. The maximum Gasteiger partial charge on any atom is 0.200 e. The van der Waals surface area contributed by atoms with Gasteiger partial charge in [-0.1, -0.05) is 6.07 Å². The Labute approximate surface area is 94.6 Å². The molecular weight excluding hydrogens is 212 g/mol. The first-order valence-corrected chi connectivity index (χ1v) is 5.11. The Hall–Kier alpha value is -1.16. The SMILES string of the molecule is CNC(C)(C)Cc1ccc(F)c(F)c1OC. The molecule has 0 aromatic heterocycles. The predicted molar refractivity (Wildman–Crippen MR) is 59.8 cm³/mol. The van der Waals surface area contributed by atoms with Gasteiger partial charge in [-0.05, 0) is 38.9 Å². The van der Waals surface area contributed by atoms with Crippen LogP contribution in [0.5, 0.6) is 5.75 Å². The molecule has 0 heterocycles. The minimum atomic E-state index is -0.924. The van der Waals surface area contributed by atoms with Gasteiger partial charge in [-0.3, -0.25) is 0 Å². The van der Waals surface area contributed by atoms with E-state index < -0.39 is 11.6 Å². The number of hydrogen-bond acceptors (Lipinski definition) is 2. The molecule has 1 rings (SSSR count). The summed E-state index contributed by atoms with van der Waals surface area (Å²) in [6.07, 6.45) is 0.559. The largest absolute Gasteiger partial charge is 0.493 e. The molecule has 1 aromatic rings. The highest BCUT2D eigenvalue weighted by molar-refractivity contribution is 5.36. The molecular formula is C12H17F2NO. The van der Waals surface area contributed by atoms with E-state index in [9.17, 15) is 8.78 Å². The quantitative estimate of drug-likeness (QED) is 0.856. The van der Waals surface area contributed by atoms with Gasteiger partial charge >= 0.3 is 0 Å². The molecule has 1 N–H and O–H groups in total. The Morgan fingerprint density at radius 2 is 1.94 bits per heavy atom. The van der Waals surface area contributed by atoms with Gasteiger partial charge in [-0.15, -0.1) is 0 Å². The van der Waals surface area contributed by atoms with E-state index in [4.69, 9.17) is 4.74 Å². The molecule has 0 aliphatic rings. The van der Waals surface area contributed by atoms with Crippen molar-refractivity contribution in [3.63, 3.8) is 0 Å². The molecule has 0 fully saturated rings. The minimum Gasteiger partial charge on any atom is -0.493 e. The van der Waals surface area contributed by atoms with E-state index >= 15 is 0 Å². The van der Waals surface area contributed by atoms with E-state index in [0.717, 1.165) is 6.07 Å². The molecule has 0 bridgehead atoms. The summed E-state index contributed by atoms with van der Waals surface area (Å²) >= 11 is 0. The summed E-state index contributed by atoms with van der Waals surface area (Å²) in [4.78, 5) is 0. The molecule has 0 amide bonds. The fourth-order valence-electron chi connectivity index (χ4n) is 1.50. The lowest BCUT2D eigenvalue weighted by Crippen LogP contribution is -2.38. The first-order valence-electron chi connectivity index (χ1n) is 5.11. The molecule has 4 heteroatoms. The van der Waals surface area contributed by atoms with Crippen LogP contribution in [-0.4, -0.2) is 19.7 Å². The van der Waals surface area contributed by atoms with Gasteiger partial charge in [0.25, 0.3) is 0 Å². The zero-order valence-corrected chi connectivity index (χ0v) is 10.0. The van der Waals surface area contributed by atoms with E-state index in [1.807, 2.05) is 20.9 Å². The van der Waals surface area contributed by atoms with Crippen LogP contribution in [0.3, 0.4) is 0 Å². The maximum absolute atomic E-state index is 13.4. The van der Waals surface area contributed by atoms with Crippen molar-refractivity contribution in [2.45, 2.75) is 25.8 Å². The topological polar surface area (TPSA) is 21.3 Å². The van der Waals surface area contributed by atoms with Crippen molar-refractivity contribution in [1.29, 1.82) is 0 Å². The Bertz CT molecular complexity index is 378. The summed E-state index contributed by atoms with van der Waals surface area (Å²) in [6, 6.07) is 2.68. The van der Waals surface area contributed by atoms with Crippen molar-refractivity contribution < 1.29 is 13.5 Å². The van der Waals surface area contributed by atoms with Gasteiger partial charge in [0.15, 0.2) is 11.6 Å². The van der Waals surface area contributed by atoms with Crippen LogP contribution in [0.2, 0.25) is 0 Å². The molecule has 16 heavy (non-hydrogen) atoms. The first kappa shape index (κ1) is 12.9. The van der Waals surface area contributed by atoms with Crippen LogP contribution in [0, 0.1) is 11.6 Å². The zero-order chi connectivity index (χ0) is 12.3. The highest BCUT2D eigenvalue weighted by atomic mass is 19.2. The van der Waals surface area contributed by atoms with E-state index in [0.29, 0.717) is 12.0 Å². The summed E-state index contributed by atoms with van der Waals surface area (Å²) in [7, 11) is 3.17. The van der Waals surface area contributed by atoms with Crippen LogP contribution in [0.1, 0.15) is 19.4 Å². The van der Waals surface area contributed by atoms with Gasteiger partial charge in [0.2, 0.25) is 5.82 Å². The average Bonchev–Trinajstić information content (AvgIpc) is 2.24. The van der Waals surface area contributed by atoms with Crippen molar-refractivity contribution in [3.8, 4) is 5.75 Å². The summed E-state index contributed by atoms with van der Waals surface area (Å²) in [5, 5.41) is 3.10. The lowest BCUT2D eigenvalue weighted by molar-refractivity contribution is 0.355. The number of methoxy groups -OCH3 is 1.